The summed E-state index contributed by atoms with van der Waals surface area (Å²) < 4.78 is 2.01. The molecule has 0 aliphatic rings. The molecule has 0 saturated heterocycles. The second-order valence-corrected chi connectivity index (χ2v) is 6.08. The van der Waals surface area contributed by atoms with E-state index in [0.29, 0.717) is 33.1 Å². The summed E-state index contributed by atoms with van der Waals surface area (Å²) in [6, 6.07) is 5.31. The molecule has 0 spiro atoms. The predicted octanol–water partition coefficient (Wildman–Crippen LogP) is 3.81. The molecule has 7 nitrogen and oxygen atoms in total. The lowest BCUT2D eigenvalue weighted by Crippen LogP contribution is -2.10. The highest BCUT2D eigenvalue weighted by molar-refractivity contribution is 6.43. The normalized spacial score (nSPS) is 10.6. The topological polar surface area (TPSA) is 93.7 Å². The monoisotopic (exact) mass is 377 g/mol. The Hall–Kier alpha value is -2.51. The lowest BCUT2D eigenvalue weighted by molar-refractivity contribution is 0.660. The van der Waals surface area contributed by atoms with Crippen molar-refractivity contribution < 1.29 is 0 Å². The lowest BCUT2D eigenvalue weighted by Gasteiger charge is -2.13. The van der Waals surface area contributed by atoms with E-state index in [-0.39, 0.29) is 0 Å². The van der Waals surface area contributed by atoms with Gasteiger partial charge in [-0.05, 0) is 18.6 Å². The van der Waals surface area contributed by atoms with Crippen molar-refractivity contribution in [3.63, 3.8) is 0 Å². The van der Waals surface area contributed by atoms with Crippen LogP contribution in [-0.4, -0.2) is 26.1 Å². The van der Waals surface area contributed by atoms with Gasteiger partial charge in [0.1, 0.15) is 12.0 Å². The number of hydrogen-bond donors (Lipinski definition) is 3. The third-order valence-corrected chi connectivity index (χ3v) is 4.35. The zero-order valence-corrected chi connectivity index (χ0v) is 14.8. The molecule has 0 atom stereocenters. The number of aromatic nitrogens is 4. The van der Waals surface area contributed by atoms with Gasteiger partial charge in [0.25, 0.3) is 0 Å². The number of nitrogens with one attached hydrogen (secondary N) is 2. The molecular formula is C16H17Cl2N7. The van der Waals surface area contributed by atoms with Gasteiger partial charge in [0.05, 0.1) is 22.1 Å². The van der Waals surface area contributed by atoms with E-state index >= 15 is 0 Å². The second-order valence-electron chi connectivity index (χ2n) is 5.29. The van der Waals surface area contributed by atoms with Crippen LogP contribution in [0.3, 0.4) is 0 Å². The maximum Gasteiger partial charge on any atom is 0.159 e. The molecule has 3 aromatic rings. The van der Waals surface area contributed by atoms with E-state index in [1.807, 2.05) is 10.8 Å². The second kappa shape index (κ2) is 8.04. The molecule has 130 valence electrons. The maximum absolute atomic E-state index is 6.18. The summed E-state index contributed by atoms with van der Waals surface area (Å²) in [5.74, 6) is 1.04. The van der Waals surface area contributed by atoms with Crippen LogP contribution in [0.1, 0.15) is 6.42 Å². The number of nitrogens with two attached hydrogens (primary N) is 1. The van der Waals surface area contributed by atoms with Crippen LogP contribution in [0.4, 0.5) is 23.0 Å². The van der Waals surface area contributed by atoms with E-state index in [1.165, 1.54) is 6.33 Å². The first-order valence-corrected chi connectivity index (χ1v) is 8.42. The largest absolute Gasteiger partial charge is 0.393 e. The van der Waals surface area contributed by atoms with Gasteiger partial charge in [0.2, 0.25) is 0 Å². The quantitative estimate of drug-likeness (QED) is 0.542. The van der Waals surface area contributed by atoms with Gasteiger partial charge < -0.3 is 20.9 Å². The highest BCUT2D eigenvalue weighted by Gasteiger charge is 2.11. The summed E-state index contributed by atoms with van der Waals surface area (Å²) in [6.07, 6.45) is 7.82. The van der Waals surface area contributed by atoms with Crippen LogP contribution in [0.2, 0.25) is 10.0 Å². The summed E-state index contributed by atoms with van der Waals surface area (Å²) in [7, 11) is 0. The number of aryl methyl sites for hydroxylation is 1. The Morgan fingerprint density at radius 1 is 1.16 bits per heavy atom. The molecule has 0 aliphatic carbocycles. The van der Waals surface area contributed by atoms with Crippen molar-refractivity contribution in [2.24, 2.45) is 0 Å². The smallest absolute Gasteiger partial charge is 0.159 e. The van der Waals surface area contributed by atoms with Gasteiger partial charge in [-0.15, -0.1) is 0 Å². The van der Waals surface area contributed by atoms with Gasteiger partial charge in [-0.3, -0.25) is 0 Å². The third-order valence-electron chi connectivity index (χ3n) is 3.53. The molecule has 0 saturated carbocycles. The third kappa shape index (κ3) is 4.32. The molecule has 2 aromatic heterocycles. The van der Waals surface area contributed by atoms with E-state index in [1.54, 1.807) is 30.7 Å². The van der Waals surface area contributed by atoms with Crippen LogP contribution in [0.5, 0.6) is 0 Å². The van der Waals surface area contributed by atoms with Crippen LogP contribution in [-0.2, 0) is 6.54 Å². The van der Waals surface area contributed by atoms with Crippen molar-refractivity contribution in [2.75, 3.05) is 22.9 Å². The molecule has 3 rings (SSSR count). The zero-order chi connectivity index (χ0) is 17.6. The maximum atomic E-state index is 6.18. The molecule has 9 heteroatoms. The summed E-state index contributed by atoms with van der Waals surface area (Å²) in [5, 5.41) is 7.18. The molecule has 0 radical (unpaired) electrons. The van der Waals surface area contributed by atoms with Crippen LogP contribution in [0.15, 0.2) is 43.2 Å². The van der Waals surface area contributed by atoms with Crippen molar-refractivity contribution >= 4 is 46.2 Å². The van der Waals surface area contributed by atoms with Gasteiger partial charge in [-0.25, -0.2) is 15.0 Å². The molecule has 0 aliphatic heterocycles. The average Bonchev–Trinajstić information content (AvgIpc) is 3.12. The van der Waals surface area contributed by atoms with Crippen molar-refractivity contribution in [3.05, 3.63) is 53.3 Å². The van der Waals surface area contributed by atoms with E-state index in [0.717, 1.165) is 19.5 Å². The Labute approximate surface area is 155 Å². The van der Waals surface area contributed by atoms with E-state index < -0.39 is 0 Å². The fraction of sp³-hybridized carbons (Fsp3) is 0.188. The standard InChI is InChI=1S/C16H17Cl2N7/c17-11-3-1-4-12(13(11)18)24-16-14(19)15(22-9-23-16)21-5-2-7-25-8-6-20-10-25/h1,3-4,6,8-10H,2,5,7,19H2,(H2,21,22,23,24). The van der Waals surface area contributed by atoms with E-state index in [4.69, 9.17) is 28.9 Å². The fourth-order valence-corrected chi connectivity index (χ4v) is 2.60. The number of anilines is 4. The van der Waals surface area contributed by atoms with E-state index in [2.05, 4.69) is 25.6 Å². The number of nitrogen functional groups attached to an aromatic ring is 1. The van der Waals surface area contributed by atoms with Gasteiger partial charge in [-0.1, -0.05) is 29.3 Å². The molecule has 0 bridgehead atoms. The van der Waals surface area contributed by atoms with Gasteiger partial charge in [0.15, 0.2) is 11.6 Å². The number of imidazole rings is 1. The minimum absolute atomic E-state index is 0.414. The Kier molecular flexibility index (Phi) is 5.57. The molecule has 1 aromatic carbocycles. The van der Waals surface area contributed by atoms with Crippen LogP contribution in [0, 0.1) is 0 Å². The summed E-state index contributed by atoms with van der Waals surface area (Å²) in [4.78, 5) is 12.4. The summed E-state index contributed by atoms with van der Waals surface area (Å²) in [5.41, 5.74) is 7.20. The van der Waals surface area contributed by atoms with Crippen molar-refractivity contribution in [3.8, 4) is 0 Å². The highest BCUT2D eigenvalue weighted by Crippen LogP contribution is 2.33. The fourth-order valence-electron chi connectivity index (χ4n) is 2.25. The molecule has 4 N–H and O–H groups in total. The number of nitrogens with zero attached hydrogens (tertiary/aromatic N) is 4. The van der Waals surface area contributed by atoms with Crippen molar-refractivity contribution in [1.29, 1.82) is 0 Å². The summed E-state index contributed by atoms with van der Waals surface area (Å²) >= 11 is 12.2. The Balaban J connectivity index is 1.64. The molecule has 0 fully saturated rings. The first-order valence-electron chi connectivity index (χ1n) is 7.66. The zero-order valence-electron chi connectivity index (χ0n) is 13.3. The first-order chi connectivity index (χ1) is 12.1. The lowest BCUT2D eigenvalue weighted by atomic mass is 10.3. The molecule has 0 unspecified atom stereocenters. The molecule has 2 heterocycles. The van der Waals surface area contributed by atoms with Crippen molar-refractivity contribution in [2.45, 2.75) is 13.0 Å². The summed E-state index contributed by atoms with van der Waals surface area (Å²) in [6.45, 7) is 1.58. The van der Waals surface area contributed by atoms with Gasteiger partial charge in [-0.2, -0.15) is 0 Å². The number of rotatable bonds is 7. The first kappa shape index (κ1) is 17.3. The molecular weight excluding hydrogens is 361 g/mol. The van der Waals surface area contributed by atoms with E-state index in [9.17, 15) is 0 Å². The SMILES string of the molecule is Nc1c(NCCCn2ccnc2)ncnc1Nc1cccc(Cl)c1Cl. The highest BCUT2D eigenvalue weighted by atomic mass is 35.5. The number of halogens is 2. The number of benzene rings is 1. The predicted molar refractivity (Wildman–Crippen MR) is 102 cm³/mol. The van der Waals surface area contributed by atoms with Crippen LogP contribution < -0.4 is 16.4 Å². The average molecular weight is 378 g/mol. The Morgan fingerprint density at radius 2 is 2.00 bits per heavy atom. The molecule has 0 amide bonds. The van der Waals surface area contributed by atoms with Crippen molar-refractivity contribution in [1.82, 2.24) is 19.5 Å². The molecule has 25 heavy (non-hydrogen) atoms. The number of hydrogen-bond acceptors (Lipinski definition) is 6. The minimum atomic E-state index is 0.414. The van der Waals surface area contributed by atoms with Crippen LogP contribution >= 0.6 is 23.2 Å². The Bertz CT molecular complexity index is 837. The van der Waals surface area contributed by atoms with Gasteiger partial charge >= 0.3 is 0 Å². The van der Waals surface area contributed by atoms with Crippen LogP contribution in [0.25, 0.3) is 0 Å². The van der Waals surface area contributed by atoms with Gasteiger partial charge in [0, 0.05) is 25.5 Å². The minimum Gasteiger partial charge on any atom is -0.393 e. The Morgan fingerprint density at radius 3 is 2.80 bits per heavy atom.